The summed E-state index contributed by atoms with van der Waals surface area (Å²) < 4.78 is 77.9. The SMILES string of the molecule is CCC1CC(C(=O)CCCN)C[C@@H](O[C@@H]2O[C@@H](CO)[C@H](O)C(O[C@@H](CC3CCCCC3)C(=O)O)C2NC(=O)Cn2cc(COCCOCc3cn(CC(=O)NC4C(O[C@@H](CC5CCCCC5)C(=O)O)[C@@H](O)[C@H](CO)O[C@H]4O[C@@H]4CC(C(=O)CCCN)CC(CC)[C@H]4O[C@@H]4OC(C)[C@@H](O)[C@H](O)C4O)nn3)nn2)[C@@H]1O[C@@H]1OC(C)[C@@H](O)[C@H](O)C1O. The molecule has 0 spiro atoms. The second kappa shape index (κ2) is 45.8. The van der Waals surface area contributed by atoms with E-state index < -0.39 is 233 Å². The maximum Gasteiger partial charge on any atom is 0.332 e. The molecule has 0 aromatic carbocycles. The number of rotatable bonds is 43. The Morgan fingerprint density at radius 1 is 0.500 bits per heavy atom. The number of aliphatic hydroxyl groups is 10. The average Bonchev–Trinajstić information content (AvgIpc) is 1.01. The molecule has 118 heavy (non-hydrogen) atoms. The summed E-state index contributed by atoms with van der Waals surface area (Å²) in [5.41, 5.74) is 12.2. The lowest BCUT2D eigenvalue weighted by Crippen LogP contribution is -2.67. The maximum absolute atomic E-state index is 14.5. The number of amides is 2. The Kier molecular flexibility index (Phi) is 36.8. The first-order valence-electron chi connectivity index (χ1n) is 42.3. The van der Waals surface area contributed by atoms with Crippen molar-refractivity contribution in [2.24, 2.45) is 47.0 Å². The number of aromatic nitrogens is 6. The normalized spacial score (nSPS) is 36.4. The number of carbonyl (C=O) groups excluding carboxylic acids is 4. The molecule has 8 fully saturated rings. The lowest BCUT2D eigenvalue weighted by molar-refractivity contribution is -0.338. The van der Waals surface area contributed by atoms with E-state index in [9.17, 15) is 90.0 Å². The number of carboxylic acid groups (broad SMARTS) is 2. The fraction of sp³-hybridized carbons (Fsp3) is 0.872. The molecule has 4 saturated carbocycles. The summed E-state index contributed by atoms with van der Waals surface area (Å²) in [4.78, 5) is 82.9. The van der Waals surface area contributed by atoms with E-state index in [2.05, 4.69) is 31.3 Å². The first kappa shape index (κ1) is 94.8. The van der Waals surface area contributed by atoms with E-state index in [0.717, 1.165) is 64.2 Å². The van der Waals surface area contributed by atoms with E-state index in [4.69, 9.17) is 68.3 Å². The Bertz CT molecular complexity index is 3220. The van der Waals surface area contributed by atoms with Gasteiger partial charge in [-0.1, -0.05) is 101 Å². The summed E-state index contributed by atoms with van der Waals surface area (Å²) in [5, 5.41) is 154. The minimum absolute atomic E-state index is 0.000271. The predicted molar refractivity (Wildman–Crippen MR) is 406 cm³/mol. The van der Waals surface area contributed by atoms with Crippen molar-refractivity contribution in [2.75, 3.05) is 39.5 Å². The highest BCUT2D eigenvalue weighted by atomic mass is 16.7. The molecule has 4 saturated heterocycles. The topological polar surface area (TPSA) is 593 Å². The summed E-state index contributed by atoms with van der Waals surface area (Å²) in [6.07, 6.45) is -20.9. The molecule has 6 heterocycles. The Labute approximate surface area is 685 Å². The minimum atomic E-state index is -1.75. The van der Waals surface area contributed by atoms with Crippen LogP contribution in [-0.4, -0.2) is 325 Å². The number of aliphatic hydroxyl groups excluding tert-OH is 10. The molecular weight excluding hydrogens is 1560 g/mol. The molecule has 18 N–H and O–H groups in total. The monoisotopic (exact) mass is 1680 g/mol. The zero-order chi connectivity index (χ0) is 85.0. The zero-order valence-corrected chi connectivity index (χ0v) is 67.8. The Morgan fingerprint density at radius 2 is 0.881 bits per heavy atom. The van der Waals surface area contributed by atoms with Crippen LogP contribution in [0.4, 0.5) is 0 Å². The van der Waals surface area contributed by atoms with Crippen LogP contribution in [0.15, 0.2) is 12.4 Å². The molecule has 10 rings (SSSR count). The molecule has 4 aliphatic heterocycles. The van der Waals surface area contributed by atoms with E-state index in [1.165, 1.54) is 35.6 Å². The summed E-state index contributed by atoms with van der Waals surface area (Å²) in [5.74, 6) is -6.64. The van der Waals surface area contributed by atoms with Crippen LogP contribution >= 0.6 is 0 Å². The highest BCUT2D eigenvalue weighted by molar-refractivity contribution is 5.82. The second-order valence-electron chi connectivity index (χ2n) is 33.2. The van der Waals surface area contributed by atoms with E-state index in [0.29, 0.717) is 38.5 Å². The van der Waals surface area contributed by atoms with Gasteiger partial charge in [0, 0.05) is 24.7 Å². The number of aliphatic carboxylic acids is 2. The van der Waals surface area contributed by atoms with Gasteiger partial charge in [0.05, 0.1) is 88.7 Å². The van der Waals surface area contributed by atoms with Gasteiger partial charge in [-0.3, -0.25) is 19.2 Å². The van der Waals surface area contributed by atoms with Gasteiger partial charge >= 0.3 is 11.9 Å². The quantitative estimate of drug-likeness (QED) is 0.0320. The molecule has 670 valence electrons. The van der Waals surface area contributed by atoms with Crippen molar-refractivity contribution in [1.29, 1.82) is 0 Å². The molecule has 8 aliphatic rings. The van der Waals surface area contributed by atoms with E-state index in [-0.39, 0.29) is 113 Å². The number of Topliss-reactive ketones (excluding diaryl/α,β-unsaturated/α-hetero) is 2. The van der Waals surface area contributed by atoms with Crippen LogP contribution in [0, 0.1) is 35.5 Å². The number of carboxylic acids is 2. The Balaban J connectivity index is 0.792. The van der Waals surface area contributed by atoms with Gasteiger partial charge in [0.25, 0.3) is 0 Å². The van der Waals surface area contributed by atoms with Crippen LogP contribution < -0.4 is 22.1 Å². The highest BCUT2D eigenvalue weighted by Gasteiger charge is 2.56. The van der Waals surface area contributed by atoms with Crippen LogP contribution in [0.3, 0.4) is 0 Å². The molecule has 2 amide bonds. The predicted octanol–water partition coefficient (Wildman–Crippen LogP) is -1.97. The minimum Gasteiger partial charge on any atom is -0.479 e. The molecule has 2 aromatic heterocycles. The molecule has 40 nitrogen and oxygen atoms in total. The molecule has 12 unspecified atom stereocenters. The van der Waals surface area contributed by atoms with Gasteiger partial charge in [-0.05, 0) is 102 Å². The van der Waals surface area contributed by atoms with Crippen LogP contribution in [-0.2, 0) is 112 Å². The third kappa shape index (κ3) is 25.2. The smallest absolute Gasteiger partial charge is 0.332 e. The number of carbonyl (C=O) groups is 6. The molecule has 40 heteroatoms. The third-order valence-corrected chi connectivity index (χ3v) is 24.7. The second-order valence-corrected chi connectivity index (χ2v) is 33.2. The van der Waals surface area contributed by atoms with E-state index in [1.54, 1.807) is 0 Å². The highest BCUT2D eigenvalue weighted by Crippen LogP contribution is 2.44. The number of ether oxygens (including phenoxy) is 12. The maximum atomic E-state index is 14.5. The van der Waals surface area contributed by atoms with Crippen LogP contribution in [0.1, 0.15) is 180 Å². The van der Waals surface area contributed by atoms with Gasteiger partial charge < -0.3 is 140 Å². The third-order valence-electron chi connectivity index (χ3n) is 24.7. The van der Waals surface area contributed by atoms with Crippen molar-refractivity contribution in [3.05, 3.63) is 23.8 Å². The van der Waals surface area contributed by atoms with Gasteiger partial charge in [0.15, 0.2) is 37.4 Å². The first-order valence-corrected chi connectivity index (χ1v) is 42.3. The van der Waals surface area contributed by atoms with Gasteiger partial charge in [-0.25, -0.2) is 19.0 Å². The van der Waals surface area contributed by atoms with E-state index >= 15 is 0 Å². The van der Waals surface area contributed by atoms with Crippen molar-refractivity contribution in [2.45, 2.75) is 355 Å². The van der Waals surface area contributed by atoms with Gasteiger partial charge in [0.2, 0.25) is 11.8 Å². The molecule has 4 aliphatic carbocycles. The molecule has 0 bridgehead atoms. The number of nitrogens with one attached hydrogen (secondary N) is 2. The lowest BCUT2D eigenvalue weighted by atomic mass is 9.74. The molecule has 0 radical (unpaired) electrons. The zero-order valence-electron chi connectivity index (χ0n) is 67.8. The van der Waals surface area contributed by atoms with Gasteiger partial charge in [-0.2, -0.15) is 0 Å². The summed E-state index contributed by atoms with van der Waals surface area (Å²) in [6, 6.07) is -3.06. The van der Waals surface area contributed by atoms with Crippen molar-refractivity contribution in [1.82, 2.24) is 40.6 Å². The number of ketones is 2. The first-order chi connectivity index (χ1) is 56.6. The van der Waals surface area contributed by atoms with Crippen LogP contribution in [0.5, 0.6) is 0 Å². The summed E-state index contributed by atoms with van der Waals surface area (Å²) in [7, 11) is 0. The summed E-state index contributed by atoms with van der Waals surface area (Å²) >= 11 is 0. The average molecular weight is 1690 g/mol. The lowest BCUT2D eigenvalue weighted by Gasteiger charge is -2.49. The van der Waals surface area contributed by atoms with Gasteiger partial charge in [-0.15, -0.1) is 10.2 Å². The molecular formula is C78H128N10O30. The Hall–Kier alpha value is -5.46. The number of hydrogen-bond acceptors (Lipinski definition) is 34. The summed E-state index contributed by atoms with van der Waals surface area (Å²) in [6.45, 7) is 4.32. The fourth-order valence-corrected chi connectivity index (χ4v) is 17.9. The van der Waals surface area contributed by atoms with Crippen molar-refractivity contribution >= 4 is 35.3 Å². The van der Waals surface area contributed by atoms with Crippen molar-refractivity contribution in [3.63, 3.8) is 0 Å². The standard InChI is InChI=1S/C78H128N10O30/c1-5-43-27-45(49(91)19-13-21-79)29-51(69(43)117-77-67(101)65(99)61(95)39(3)109-77)113-75-59(71(63(97)55(35-89)115-75)111-53(73(103)104)25-41-15-9-7-10-16-41)81-57(93)33-87-31-47(83-85-87)37-107-23-24-108-38-48-32-88(86-84-48)34-58(94)82-60-72(112-54(74(105)106)26-42-17-11-8-12-18-42)64(98)56(36-90)116-76(60)114-52-30-46(50(92)20-14-22-80)28-44(6-2)70(52)118-78-68(102)66(100)62(96)40(4)110-78/h31-32,39-46,51-56,59-72,75-78,89-90,95-102H,5-30,33-38,79-80H2,1-4H3,(H,81,93)(H,82,94)(H,103,104)(H,105,106)/t39?,40?,43?,44?,45?,46?,51-,52-,53+,54+,55+,56+,59?,60?,61-,62-,63+,64+,65+,66+,67?,68?,69-,70-,71?,72?,75-,76-,77+,78+/m1/s1. The Morgan fingerprint density at radius 3 is 1.23 bits per heavy atom. The number of nitrogens with zero attached hydrogens (tertiary/aromatic N) is 6. The molecule has 30 atom stereocenters. The number of hydrogen-bond donors (Lipinski definition) is 16. The van der Waals surface area contributed by atoms with E-state index in [1.807, 2.05) is 13.8 Å². The van der Waals surface area contributed by atoms with Crippen LogP contribution in [0.25, 0.3) is 0 Å². The fourth-order valence-electron chi connectivity index (χ4n) is 17.9. The molecule has 2 aromatic rings. The van der Waals surface area contributed by atoms with Crippen molar-refractivity contribution < 1.29 is 147 Å². The largest absolute Gasteiger partial charge is 0.479 e. The van der Waals surface area contributed by atoms with Crippen molar-refractivity contribution in [3.8, 4) is 0 Å². The van der Waals surface area contributed by atoms with Gasteiger partial charge in [0.1, 0.15) is 121 Å². The van der Waals surface area contributed by atoms with Crippen LogP contribution in [0.2, 0.25) is 0 Å². The number of nitrogens with two attached hydrogens (primary N) is 2.